The maximum absolute atomic E-state index is 9.84. The number of anilines is 1. The summed E-state index contributed by atoms with van der Waals surface area (Å²) in [6.45, 7) is 0.947. The van der Waals surface area contributed by atoms with Crippen molar-refractivity contribution in [1.29, 1.82) is 0 Å². The van der Waals surface area contributed by atoms with E-state index >= 15 is 0 Å². The van der Waals surface area contributed by atoms with Crippen LogP contribution in [-0.2, 0) is 0 Å². The smallest absolute Gasteiger partial charge is 0.130 e. The van der Waals surface area contributed by atoms with Crippen molar-refractivity contribution in [3.63, 3.8) is 0 Å². The van der Waals surface area contributed by atoms with Gasteiger partial charge in [0, 0.05) is 13.1 Å². The van der Waals surface area contributed by atoms with Gasteiger partial charge in [-0.25, -0.2) is 0 Å². The Morgan fingerprint density at radius 1 is 1.32 bits per heavy atom. The summed E-state index contributed by atoms with van der Waals surface area (Å²) in [4.78, 5) is 1.91. The van der Waals surface area contributed by atoms with E-state index in [0.717, 1.165) is 11.7 Å². The molecule has 0 saturated heterocycles. The topological polar surface area (TPSA) is 61.3 Å². The summed E-state index contributed by atoms with van der Waals surface area (Å²) in [6, 6.07) is 1.63. The Morgan fingerprint density at radius 3 is 2.68 bits per heavy atom. The van der Waals surface area contributed by atoms with E-state index in [1.165, 1.54) is 0 Å². The Balaban J connectivity index is 2.18. The number of likely N-dealkylation sites (N-methyl/N-ethyl adjacent to an activating group) is 1. The third-order valence-corrected chi connectivity index (χ3v) is 3.65. The lowest BCUT2D eigenvalue weighted by Crippen LogP contribution is -2.31. The molecule has 1 unspecified atom stereocenters. The van der Waals surface area contributed by atoms with Crippen molar-refractivity contribution in [2.24, 2.45) is 0 Å². The summed E-state index contributed by atoms with van der Waals surface area (Å²) in [6.07, 6.45) is -0.497. The Hall–Kier alpha value is -0.660. The van der Waals surface area contributed by atoms with Gasteiger partial charge in [0.15, 0.2) is 0 Å². The van der Waals surface area contributed by atoms with Gasteiger partial charge in [-0.15, -0.1) is 0 Å². The fourth-order valence-corrected chi connectivity index (χ4v) is 2.93. The summed E-state index contributed by atoms with van der Waals surface area (Å²) in [5.41, 5.74) is 1.92. The number of hydrogen-bond acceptors (Lipinski definition) is 6. The number of aliphatic hydroxyl groups excluding tert-OH is 1. The van der Waals surface area contributed by atoms with Gasteiger partial charge < -0.3 is 15.3 Å². The second kappa shape index (κ2) is 6.19. The van der Waals surface area contributed by atoms with Gasteiger partial charge in [-0.2, -0.15) is 8.75 Å². The van der Waals surface area contributed by atoms with Crippen molar-refractivity contribution in [1.82, 2.24) is 13.6 Å². The SMILES string of the molecule is CN(C)CC(O)CNc1c(Cl)cc(Cl)c2nsnc12. The molecule has 1 atom stereocenters. The van der Waals surface area contributed by atoms with Gasteiger partial charge >= 0.3 is 0 Å². The number of fused-ring (bicyclic) bond motifs is 1. The highest BCUT2D eigenvalue weighted by Gasteiger charge is 2.15. The van der Waals surface area contributed by atoms with E-state index in [1.807, 2.05) is 19.0 Å². The second-order valence-electron chi connectivity index (χ2n) is 4.47. The zero-order chi connectivity index (χ0) is 14.0. The van der Waals surface area contributed by atoms with Crippen LogP contribution in [0.4, 0.5) is 5.69 Å². The van der Waals surface area contributed by atoms with Crippen LogP contribution in [0.15, 0.2) is 6.07 Å². The molecule has 8 heteroatoms. The highest BCUT2D eigenvalue weighted by Crippen LogP contribution is 2.35. The molecule has 1 heterocycles. The zero-order valence-electron chi connectivity index (χ0n) is 10.5. The molecular formula is C11H14Cl2N4OS. The lowest BCUT2D eigenvalue weighted by atomic mass is 10.2. The molecule has 0 saturated carbocycles. The molecule has 0 aliphatic carbocycles. The molecule has 0 aliphatic rings. The van der Waals surface area contributed by atoms with Crippen molar-refractivity contribution in [3.8, 4) is 0 Å². The standard InChI is InChI=1S/C11H14Cl2N4OS/c1-17(2)5-6(18)4-14-9-7(12)3-8(13)10-11(9)16-19-15-10/h3,6,14,18H,4-5H2,1-2H3. The Kier molecular flexibility index (Phi) is 4.81. The van der Waals surface area contributed by atoms with Crippen LogP contribution in [0.1, 0.15) is 0 Å². The van der Waals surface area contributed by atoms with Crippen molar-refractivity contribution >= 4 is 51.7 Å². The van der Waals surface area contributed by atoms with Crippen LogP contribution in [0.25, 0.3) is 11.0 Å². The van der Waals surface area contributed by atoms with Crippen molar-refractivity contribution in [2.75, 3.05) is 32.5 Å². The average molecular weight is 321 g/mol. The monoisotopic (exact) mass is 320 g/mol. The Bertz CT molecular complexity index is 575. The van der Waals surface area contributed by atoms with Crippen molar-refractivity contribution in [2.45, 2.75) is 6.10 Å². The number of nitrogens with one attached hydrogen (secondary N) is 1. The van der Waals surface area contributed by atoms with E-state index in [9.17, 15) is 5.11 Å². The van der Waals surface area contributed by atoms with E-state index < -0.39 is 6.10 Å². The minimum Gasteiger partial charge on any atom is -0.390 e. The summed E-state index contributed by atoms with van der Waals surface area (Å²) in [5.74, 6) is 0. The first-order chi connectivity index (χ1) is 8.99. The Labute approximate surface area is 125 Å². The number of hydrogen-bond donors (Lipinski definition) is 2. The maximum Gasteiger partial charge on any atom is 0.130 e. The fourth-order valence-electron chi connectivity index (χ4n) is 1.75. The minimum absolute atomic E-state index is 0.381. The van der Waals surface area contributed by atoms with E-state index in [1.54, 1.807) is 6.07 Å². The third-order valence-electron chi connectivity index (χ3n) is 2.53. The predicted molar refractivity (Wildman–Crippen MR) is 80.5 cm³/mol. The molecule has 5 nitrogen and oxygen atoms in total. The second-order valence-corrected chi connectivity index (χ2v) is 5.82. The average Bonchev–Trinajstić information content (AvgIpc) is 2.76. The molecule has 2 N–H and O–H groups in total. The highest BCUT2D eigenvalue weighted by atomic mass is 35.5. The molecule has 0 fully saturated rings. The van der Waals surface area contributed by atoms with Gasteiger partial charge in [0.05, 0.1) is 33.6 Å². The normalized spacial score (nSPS) is 13.2. The molecule has 1 aromatic heterocycles. The Morgan fingerprint density at radius 2 is 2.00 bits per heavy atom. The van der Waals surface area contributed by atoms with E-state index in [-0.39, 0.29) is 0 Å². The van der Waals surface area contributed by atoms with E-state index in [4.69, 9.17) is 23.2 Å². The number of aromatic nitrogens is 2. The molecule has 2 rings (SSSR count). The van der Waals surface area contributed by atoms with Gasteiger partial charge in [0.2, 0.25) is 0 Å². The summed E-state index contributed by atoms with van der Waals surface area (Å²) in [7, 11) is 3.81. The largest absolute Gasteiger partial charge is 0.390 e. The number of benzene rings is 1. The van der Waals surface area contributed by atoms with Crippen LogP contribution in [0.5, 0.6) is 0 Å². The van der Waals surface area contributed by atoms with Crippen molar-refractivity contribution < 1.29 is 5.11 Å². The molecule has 1 aromatic carbocycles. The molecule has 0 radical (unpaired) electrons. The molecular weight excluding hydrogens is 307 g/mol. The van der Waals surface area contributed by atoms with Crippen LogP contribution >= 0.6 is 34.9 Å². The molecule has 19 heavy (non-hydrogen) atoms. The predicted octanol–water partition coefficient (Wildman–Crippen LogP) is 2.33. The van der Waals surface area contributed by atoms with Crippen LogP contribution in [0.2, 0.25) is 10.0 Å². The van der Waals surface area contributed by atoms with Gasteiger partial charge in [0.25, 0.3) is 0 Å². The molecule has 0 spiro atoms. The molecule has 2 aromatic rings. The van der Waals surface area contributed by atoms with Crippen LogP contribution in [-0.4, -0.2) is 52.0 Å². The number of rotatable bonds is 5. The number of halogens is 2. The maximum atomic E-state index is 9.84. The van der Waals surface area contributed by atoms with Gasteiger partial charge in [-0.1, -0.05) is 23.2 Å². The first-order valence-corrected chi connectivity index (χ1v) is 7.14. The first kappa shape index (κ1) is 14.7. The first-order valence-electron chi connectivity index (χ1n) is 5.66. The van der Waals surface area contributed by atoms with Gasteiger partial charge in [-0.05, 0) is 20.2 Å². The van der Waals surface area contributed by atoms with Gasteiger partial charge in [-0.3, -0.25) is 0 Å². The lowest BCUT2D eigenvalue weighted by Gasteiger charge is -2.17. The molecule has 0 amide bonds. The van der Waals surface area contributed by atoms with Crippen molar-refractivity contribution in [3.05, 3.63) is 16.1 Å². The fraction of sp³-hybridized carbons (Fsp3) is 0.455. The molecule has 0 aliphatic heterocycles. The van der Waals surface area contributed by atoms with Crippen LogP contribution in [0, 0.1) is 0 Å². The molecule has 0 bridgehead atoms. The summed E-state index contributed by atoms with van der Waals surface area (Å²) in [5, 5.41) is 13.9. The summed E-state index contributed by atoms with van der Waals surface area (Å²) < 4.78 is 8.31. The number of nitrogens with zero attached hydrogens (tertiary/aromatic N) is 3. The van der Waals surface area contributed by atoms with Crippen LogP contribution < -0.4 is 5.32 Å². The minimum atomic E-state index is -0.497. The quantitative estimate of drug-likeness (QED) is 0.885. The number of aliphatic hydroxyl groups is 1. The molecule has 104 valence electrons. The third kappa shape index (κ3) is 3.46. The van der Waals surface area contributed by atoms with Gasteiger partial charge in [0.1, 0.15) is 11.0 Å². The van der Waals surface area contributed by atoms with Crippen LogP contribution in [0.3, 0.4) is 0 Å². The lowest BCUT2D eigenvalue weighted by molar-refractivity contribution is 0.148. The van der Waals surface area contributed by atoms with E-state index in [2.05, 4.69) is 14.1 Å². The summed E-state index contributed by atoms with van der Waals surface area (Å²) >= 11 is 13.3. The van der Waals surface area contributed by atoms with E-state index in [0.29, 0.717) is 39.9 Å². The zero-order valence-corrected chi connectivity index (χ0v) is 12.9. The highest BCUT2D eigenvalue weighted by molar-refractivity contribution is 7.00.